The Morgan fingerprint density at radius 3 is 2.55 bits per heavy atom. The summed E-state index contributed by atoms with van der Waals surface area (Å²) in [4.78, 5) is 36.7. The largest absolute Gasteiger partial charge is 0.484 e. The molecule has 1 fully saturated rings. The minimum absolute atomic E-state index is 0.0282. The molecule has 0 saturated carbocycles. The summed E-state index contributed by atoms with van der Waals surface area (Å²) in [5.41, 5.74) is 1.01. The maximum atomic E-state index is 12.4. The highest BCUT2D eigenvalue weighted by Crippen LogP contribution is 2.30. The molecule has 8 heteroatoms. The lowest BCUT2D eigenvalue weighted by Crippen LogP contribution is -2.40. The minimum Gasteiger partial charge on any atom is -0.484 e. The van der Waals surface area contributed by atoms with Gasteiger partial charge in [-0.15, -0.1) is 0 Å². The Balaban J connectivity index is 1.55. The van der Waals surface area contributed by atoms with Gasteiger partial charge in [-0.25, -0.2) is 4.79 Å². The molecule has 0 spiro atoms. The van der Waals surface area contributed by atoms with Crippen molar-refractivity contribution in [1.82, 2.24) is 4.90 Å². The standard InChI is InChI=1S/C23H22N2O6/c1-15-8-10-24(11-9-15)22(26)14-30-18-6-7-19-20(13-23(27)31-21(19)12-18)16-2-4-17(5-3-16)25(28)29/h2-7,12-13,15H,8-11,14H2,1H3. The summed E-state index contributed by atoms with van der Waals surface area (Å²) in [7, 11) is 0. The van der Waals surface area contributed by atoms with Gasteiger partial charge in [-0.1, -0.05) is 6.92 Å². The van der Waals surface area contributed by atoms with Crippen LogP contribution < -0.4 is 10.4 Å². The number of fused-ring (bicyclic) bond motifs is 1. The summed E-state index contributed by atoms with van der Waals surface area (Å²) in [6.45, 7) is 3.60. The number of carbonyl (C=O) groups excluding carboxylic acids is 1. The number of hydrogen-bond donors (Lipinski definition) is 0. The van der Waals surface area contributed by atoms with E-state index in [4.69, 9.17) is 9.15 Å². The van der Waals surface area contributed by atoms with E-state index in [2.05, 4.69) is 6.92 Å². The SMILES string of the molecule is CC1CCN(C(=O)COc2ccc3c(-c4ccc([N+](=O)[O-])cc4)cc(=O)oc3c2)CC1. The topological polar surface area (TPSA) is 103 Å². The van der Waals surface area contributed by atoms with Crippen LogP contribution in [0.2, 0.25) is 0 Å². The van der Waals surface area contributed by atoms with Crippen molar-refractivity contribution < 1.29 is 18.9 Å². The third kappa shape index (κ3) is 4.58. The Hall–Kier alpha value is -3.68. The molecule has 2 aromatic carbocycles. The van der Waals surface area contributed by atoms with Crippen LogP contribution in [0.25, 0.3) is 22.1 Å². The van der Waals surface area contributed by atoms with Crippen LogP contribution in [0.3, 0.4) is 0 Å². The summed E-state index contributed by atoms with van der Waals surface area (Å²) < 4.78 is 11.0. The summed E-state index contributed by atoms with van der Waals surface area (Å²) in [5.74, 6) is 1.00. The van der Waals surface area contributed by atoms with Crippen molar-refractivity contribution in [1.29, 1.82) is 0 Å². The Morgan fingerprint density at radius 2 is 1.87 bits per heavy atom. The van der Waals surface area contributed by atoms with Crippen LogP contribution in [-0.4, -0.2) is 35.4 Å². The van der Waals surface area contributed by atoms with Crippen LogP contribution in [0.1, 0.15) is 19.8 Å². The molecule has 0 aliphatic carbocycles. The lowest BCUT2D eigenvalue weighted by atomic mass is 9.99. The molecule has 1 aliphatic rings. The second-order valence-electron chi connectivity index (χ2n) is 7.79. The van der Waals surface area contributed by atoms with E-state index in [9.17, 15) is 19.7 Å². The summed E-state index contributed by atoms with van der Waals surface area (Å²) >= 11 is 0. The van der Waals surface area contributed by atoms with Crippen molar-refractivity contribution >= 4 is 22.6 Å². The lowest BCUT2D eigenvalue weighted by Gasteiger charge is -2.30. The van der Waals surface area contributed by atoms with E-state index in [1.165, 1.54) is 18.2 Å². The molecule has 0 radical (unpaired) electrons. The molecule has 31 heavy (non-hydrogen) atoms. The zero-order valence-corrected chi connectivity index (χ0v) is 17.1. The number of piperidine rings is 1. The van der Waals surface area contributed by atoms with E-state index in [0.717, 1.165) is 25.9 Å². The first-order chi connectivity index (χ1) is 14.9. The molecule has 0 unspecified atom stereocenters. The molecule has 0 atom stereocenters. The Bertz CT molecular complexity index is 1180. The average Bonchev–Trinajstić information content (AvgIpc) is 2.77. The van der Waals surface area contributed by atoms with Crippen molar-refractivity contribution in [2.45, 2.75) is 19.8 Å². The molecule has 1 aliphatic heterocycles. The first-order valence-electron chi connectivity index (χ1n) is 10.1. The van der Waals surface area contributed by atoms with E-state index in [1.54, 1.807) is 30.3 Å². The third-order valence-corrected chi connectivity index (χ3v) is 5.60. The quantitative estimate of drug-likeness (QED) is 0.350. The highest BCUT2D eigenvalue weighted by molar-refractivity contribution is 5.94. The van der Waals surface area contributed by atoms with Crippen molar-refractivity contribution in [2.75, 3.05) is 19.7 Å². The molecule has 1 aromatic heterocycles. The Kier molecular flexibility index (Phi) is 5.70. The van der Waals surface area contributed by atoms with E-state index < -0.39 is 10.5 Å². The van der Waals surface area contributed by atoms with Gasteiger partial charge in [0, 0.05) is 42.7 Å². The van der Waals surface area contributed by atoms with Crippen LogP contribution in [0.15, 0.2) is 57.7 Å². The van der Waals surface area contributed by atoms with E-state index in [-0.39, 0.29) is 18.2 Å². The van der Waals surface area contributed by atoms with Crippen molar-refractivity contribution in [3.05, 3.63) is 69.1 Å². The highest BCUT2D eigenvalue weighted by Gasteiger charge is 2.20. The number of carbonyl (C=O) groups is 1. The minimum atomic E-state index is -0.545. The number of ether oxygens (including phenoxy) is 1. The fourth-order valence-electron chi connectivity index (χ4n) is 3.73. The van der Waals surface area contributed by atoms with Crippen LogP contribution in [-0.2, 0) is 4.79 Å². The van der Waals surface area contributed by atoms with Gasteiger partial charge in [0.15, 0.2) is 6.61 Å². The van der Waals surface area contributed by atoms with E-state index in [0.29, 0.717) is 33.8 Å². The molecule has 0 bridgehead atoms. The number of amides is 1. The molecule has 2 heterocycles. The summed E-state index contributed by atoms with van der Waals surface area (Å²) in [5, 5.41) is 11.5. The first kappa shape index (κ1) is 20.6. The van der Waals surface area contributed by atoms with Crippen molar-refractivity contribution in [3.8, 4) is 16.9 Å². The molecule has 1 amide bonds. The first-order valence-corrected chi connectivity index (χ1v) is 10.1. The van der Waals surface area contributed by atoms with Gasteiger partial charge in [0.05, 0.1) is 4.92 Å². The number of rotatable bonds is 5. The van der Waals surface area contributed by atoms with Crippen LogP contribution in [0.5, 0.6) is 5.75 Å². The van der Waals surface area contributed by atoms with Gasteiger partial charge in [0.25, 0.3) is 11.6 Å². The van der Waals surface area contributed by atoms with Crippen molar-refractivity contribution in [2.24, 2.45) is 5.92 Å². The smallest absolute Gasteiger partial charge is 0.336 e. The molecule has 8 nitrogen and oxygen atoms in total. The number of nitrogens with zero attached hydrogens (tertiary/aromatic N) is 2. The van der Waals surface area contributed by atoms with Gasteiger partial charge in [-0.05, 0) is 54.2 Å². The van der Waals surface area contributed by atoms with Gasteiger partial charge < -0.3 is 14.1 Å². The lowest BCUT2D eigenvalue weighted by molar-refractivity contribution is -0.384. The van der Waals surface area contributed by atoms with Gasteiger partial charge in [-0.2, -0.15) is 0 Å². The highest BCUT2D eigenvalue weighted by atomic mass is 16.6. The van der Waals surface area contributed by atoms with Crippen LogP contribution in [0, 0.1) is 16.0 Å². The van der Waals surface area contributed by atoms with Crippen molar-refractivity contribution in [3.63, 3.8) is 0 Å². The van der Waals surface area contributed by atoms with Gasteiger partial charge >= 0.3 is 5.63 Å². The molecule has 1 saturated heterocycles. The number of hydrogen-bond acceptors (Lipinski definition) is 6. The molecular formula is C23H22N2O6. The number of non-ortho nitro benzene ring substituents is 1. The van der Waals surface area contributed by atoms with E-state index in [1.807, 2.05) is 4.90 Å². The molecule has 3 aromatic rings. The second kappa shape index (κ2) is 8.59. The van der Waals surface area contributed by atoms with E-state index >= 15 is 0 Å². The van der Waals surface area contributed by atoms with Gasteiger partial charge in [-0.3, -0.25) is 14.9 Å². The fraction of sp³-hybridized carbons (Fsp3) is 0.304. The molecule has 4 rings (SSSR count). The predicted molar refractivity (Wildman–Crippen MR) is 115 cm³/mol. The normalized spacial score (nSPS) is 14.5. The maximum Gasteiger partial charge on any atom is 0.336 e. The zero-order chi connectivity index (χ0) is 22.0. The Labute approximate surface area is 178 Å². The number of likely N-dealkylation sites (tertiary alicyclic amines) is 1. The van der Waals surface area contributed by atoms with Crippen LogP contribution >= 0.6 is 0 Å². The maximum absolute atomic E-state index is 12.4. The number of nitro benzene ring substituents is 1. The molecule has 160 valence electrons. The number of benzene rings is 2. The molecule has 0 N–H and O–H groups in total. The summed E-state index contributed by atoms with van der Waals surface area (Å²) in [6.07, 6.45) is 2.00. The predicted octanol–water partition coefficient (Wildman–Crippen LogP) is 4.01. The van der Waals surface area contributed by atoms with Crippen LogP contribution in [0.4, 0.5) is 5.69 Å². The van der Waals surface area contributed by atoms with Gasteiger partial charge in [0.2, 0.25) is 0 Å². The summed E-state index contributed by atoms with van der Waals surface area (Å²) in [6, 6.07) is 12.4. The number of nitro groups is 1. The zero-order valence-electron chi connectivity index (χ0n) is 17.1. The molecular weight excluding hydrogens is 400 g/mol. The third-order valence-electron chi connectivity index (χ3n) is 5.60. The monoisotopic (exact) mass is 422 g/mol. The second-order valence-corrected chi connectivity index (χ2v) is 7.79. The fourth-order valence-corrected chi connectivity index (χ4v) is 3.73. The van der Waals surface area contributed by atoms with Gasteiger partial charge in [0.1, 0.15) is 11.3 Å². The Morgan fingerprint density at radius 1 is 1.16 bits per heavy atom. The average molecular weight is 422 g/mol.